The lowest BCUT2D eigenvalue weighted by Gasteiger charge is -2.20. The van der Waals surface area contributed by atoms with Crippen LogP contribution in [-0.2, 0) is 19.4 Å². The second-order valence-corrected chi connectivity index (χ2v) is 7.44. The molecule has 0 amide bonds. The van der Waals surface area contributed by atoms with E-state index in [0.717, 1.165) is 54.1 Å². The lowest BCUT2D eigenvalue weighted by molar-refractivity contribution is 0.631. The molecule has 5 rings (SSSR count). The molecule has 0 saturated carbocycles. The highest BCUT2D eigenvalue weighted by atomic mass is 19.1. The number of hydrogen-bond acceptors (Lipinski definition) is 4. The van der Waals surface area contributed by atoms with Crippen LogP contribution >= 0.6 is 0 Å². The molecule has 1 aliphatic carbocycles. The number of nitrogens with zero attached hydrogens (tertiary/aromatic N) is 4. The Morgan fingerprint density at radius 1 is 1.07 bits per heavy atom. The molecule has 0 atom stereocenters. The highest BCUT2D eigenvalue weighted by Gasteiger charge is 2.24. The van der Waals surface area contributed by atoms with Crippen molar-refractivity contribution >= 4 is 11.5 Å². The van der Waals surface area contributed by atoms with Crippen LogP contribution in [0.3, 0.4) is 0 Å². The van der Waals surface area contributed by atoms with Gasteiger partial charge in [0.2, 0.25) is 0 Å². The zero-order valence-corrected chi connectivity index (χ0v) is 16.3. The van der Waals surface area contributed by atoms with Crippen LogP contribution in [0, 0.1) is 12.7 Å². The van der Waals surface area contributed by atoms with Crippen LogP contribution in [0.4, 0.5) is 10.2 Å². The summed E-state index contributed by atoms with van der Waals surface area (Å²) >= 11 is 0. The van der Waals surface area contributed by atoms with Gasteiger partial charge in [-0.2, -0.15) is 9.61 Å². The SMILES string of the molecule is Cc1nn2c(NCc3ccccn3)c3c(nc2c1-c1ccccc1F)CCCC3. The molecule has 0 aliphatic heterocycles. The largest absolute Gasteiger partial charge is 0.364 e. The fourth-order valence-electron chi connectivity index (χ4n) is 4.14. The van der Waals surface area contributed by atoms with Gasteiger partial charge < -0.3 is 5.32 Å². The van der Waals surface area contributed by atoms with Gasteiger partial charge in [-0.25, -0.2) is 9.37 Å². The summed E-state index contributed by atoms with van der Waals surface area (Å²) in [6.07, 6.45) is 5.96. The molecule has 3 aromatic heterocycles. The van der Waals surface area contributed by atoms with Crippen LogP contribution in [0.5, 0.6) is 0 Å². The van der Waals surface area contributed by atoms with Gasteiger partial charge in [0, 0.05) is 23.0 Å². The zero-order valence-electron chi connectivity index (χ0n) is 16.3. The van der Waals surface area contributed by atoms with Gasteiger partial charge in [-0.1, -0.05) is 24.3 Å². The highest BCUT2D eigenvalue weighted by Crippen LogP contribution is 2.34. The van der Waals surface area contributed by atoms with Crippen molar-refractivity contribution in [2.45, 2.75) is 39.2 Å². The molecule has 0 radical (unpaired) electrons. The Labute approximate surface area is 168 Å². The van der Waals surface area contributed by atoms with E-state index in [9.17, 15) is 4.39 Å². The van der Waals surface area contributed by atoms with Crippen molar-refractivity contribution < 1.29 is 4.39 Å². The summed E-state index contributed by atoms with van der Waals surface area (Å²) < 4.78 is 16.4. The van der Waals surface area contributed by atoms with Gasteiger partial charge in [0.25, 0.3) is 0 Å². The summed E-state index contributed by atoms with van der Waals surface area (Å²) in [6.45, 7) is 2.51. The minimum Gasteiger partial charge on any atom is -0.364 e. The summed E-state index contributed by atoms with van der Waals surface area (Å²) in [5, 5.41) is 8.30. The molecule has 1 aromatic carbocycles. The van der Waals surface area contributed by atoms with Gasteiger partial charge in [0.1, 0.15) is 11.6 Å². The predicted octanol–water partition coefficient (Wildman–Crippen LogP) is 4.73. The van der Waals surface area contributed by atoms with Crippen molar-refractivity contribution in [1.29, 1.82) is 0 Å². The van der Waals surface area contributed by atoms with Crippen LogP contribution in [0.1, 0.15) is 35.5 Å². The molecule has 1 N–H and O–H groups in total. The molecule has 146 valence electrons. The lowest BCUT2D eigenvalue weighted by Crippen LogP contribution is -2.15. The third-order valence-corrected chi connectivity index (χ3v) is 5.52. The minimum atomic E-state index is -0.256. The number of benzene rings is 1. The van der Waals surface area contributed by atoms with Gasteiger partial charge in [0.15, 0.2) is 5.65 Å². The molecule has 4 aromatic rings. The molecular weight excluding hydrogens is 365 g/mol. The Bertz CT molecular complexity index is 1180. The van der Waals surface area contributed by atoms with E-state index in [1.165, 1.54) is 11.6 Å². The second kappa shape index (κ2) is 7.28. The molecule has 0 fully saturated rings. The van der Waals surface area contributed by atoms with Crippen molar-refractivity contribution in [2.24, 2.45) is 0 Å². The van der Waals surface area contributed by atoms with E-state index in [2.05, 4.69) is 10.3 Å². The van der Waals surface area contributed by atoms with E-state index < -0.39 is 0 Å². The maximum Gasteiger partial charge on any atom is 0.165 e. The Morgan fingerprint density at radius 2 is 1.90 bits per heavy atom. The summed E-state index contributed by atoms with van der Waals surface area (Å²) in [7, 11) is 0. The first-order valence-electron chi connectivity index (χ1n) is 10.0. The predicted molar refractivity (Wildman–Crippen MR) is 111 cm³/mol. The second-order valence-electron chi connectivity index (χ2n) is 7.44. The molecule has 3 heterocycles. The average molecular weight is 387 g/mol. The monoisotopic (exact) mass is 387 g/mol. The maximum absolute atomic E-state index is 14.6. The van der Waals surface area contributed by atoms with Gasteiger partial charge in [0.05, 0.1) is 23.5 Å². The summed E-state index contributed by atoms with van der Waals surface area (Å²) in [6, 6.07) is 12.7. The fourth-order valence-corrected chi connectivity index (χ4v) is 4.14. The van der Waals surface area contributed by atoms with Gasteiger partial charge in [-0.3, -0.25) is 4.98 Å². The van der Waals surface area contributed by atoms with E-state index in [4.69, 9.17) is 10.1 Å². The van der Waals surface area contributed by atoms with E-state index in [1.807, 2.05) is 35.7 Å². The number of fused-ring (bicyclic) bond motifs is 2. The van der Waals surface area contributed by atoms with Crippen molar-refractivity contribution in [3.05, 3.63) is 77.1 Å². The average Bonchev–Trinajstić information content (AvgIpc) is 3.07. The number of aryl methyl sites for hydroxylation is 2. The quantitative estimate of drug-likeness (QED) is 0.550. The Kier molecular flexibility index (Phi) is 4.46. The minimum absolute atomic E-state index is 0.256. The van der Waals surface area contributed by atoms with E-state index in [-0.39, 0.29) is 5.82 Å². The number of halogens is 1. The zero-order chi connectivity index (χ0) is 19.8. The number of anilines is 1. The maximum atomic E-state index is 14.6. The Hall–Kier alpha value is -3.28. The molecule has 0 saturated heterocycles. The number of aromatic nitrogens is 4. The number of rotatable bonds is 4. The molecule has 0 bridgehead atoms. The first-order chi connectivity index (χ1) is 14.2. The summed E-state index contributed by atoms with van der Waals surface area (Å²) in [5.41, 5.74) is 6.03. The van der Waals surface area contributed by atoms with Crippen molar-refractivity contribution in [1.82, 2.24) is 19.6 Å². The van der Waals surface area contributed by atoms with E-state index >= 15 is 0 Å². The fraction of sp³-hybridized carbons (Fsp3) is 0.261. The van der Waals surface area contributed by atoms with Gasteiger partial charge in [-0.05, 0) is 50.8 Å². The smallest absolute Gasteiger partial charge is 0.165 e. The molecule has 6 heteroatoms. The topological polar surface area (TPSA) is 55.1 Å². The van der Waals surface area contributed by atoms with E-state index in [0.29, 0.717) is 17.8 Å². The first-order valence-corrected chi connectivity index (χ1v) is 10.0. The van der Waals surface area contributed by atoms with Crippen molar-refractivity contribution in [3.63, 3.8) is 0 Å². The third kappa shape index (κ3) is 3.14. The summed E-state index contributed by atoms with van der Waals surface area (Å²) in [4.78, 5) is 9.36. The van der Waals surface area contributed by atoms with Crippen LogP contribution in [0.2, 0.25) is 0 Å². The van der Waals surface area contributed by atoms with Crippen LogP contribution in [-0.4, -0.2) is 19.6 Å². The highest BCUT2D eigenvalue weighted by molar-refractivity contribution is 5.81. The molecular formula is C23H22FN5. The van der Waals surface area contributed by atoms with Crippen molar-refractivity contribution in [2.75, 3.05) is 5.32 Å². The third-order valence-electron chi connectivity index (χ3n) is 5.52. The Morgan fingerprint density at radius 3 is 2.72 bits per heavy atom. The normalized spacial score (nSPS) is 13.4. The van der Waals surface area contributed by atoms with Gasteiger partial charge >= 0.3 is 0 Å². The molecule has 0 spiro atoms. The summed E-state index contributed by atoms with van der Waals surface area (Å²) in [5.74, 6) is 0.689. The standard InChI is InChI=1S/C23H22FN5/c1-15-21(17-9-2-4-11-19(17)24)23-27-20-12-5-3-10-18(20)22(29(23)28-15)26-14-16-8-6-7-13-25-16/h2,4,6-9,11,13,26H,3,5,10,12,14H2,1H3. The van der Waals surface area contributed by atoms with E-state index in [1.54, 1.807) is 18.3 Å². The molecule has 0 unspecified atom stereocenters. The molecule has 29 heavy (non-hydrogen) atoms. The van der Waals surface area contributed by atoms with Crippen molar-refractivity contribution in [3.8, 4) is 11.1 Å². The first kappa shape index (κ1) is 17.8. The Balaban J connectivity index is 1.69. The number of pyridine rings is 1. The number of hydrogen-bond donors (Lipinski definition) is 1. The molecule has 1 aliphatic rings. The van der Waals surface area contributed by atoms with Crippen LogP contribution in [0.15, 0.2) is 48.7 Å². The number of nitrogens with one attached hydrogen (secondary N) is 1. The molecule has 5 nitrogen and oxygen atoms in total. The van der Waals surface area contributed by atoms with Crippen LogP contribution in [0.25, 0.3) is 16.8 Å². The lowest BCUT2D eigenvalue weighted by atomic mass is 9.96. The van der Waals surface area contributed by atoms with Crippen LogP contribution < -0.4 is 5.32 Å². The van der Waals surface area contributed by atoms with Gasteiger partial charge in [-0.15, -0.1) is 0 Å².